The predicted molar refractivity (Wildman–Crippen MR) is 97.6 cm³/mol. The number of carboxylic acids is 1. The smallest absolute Gasteiger partial charge is 0.306 e. The standard InChI is InChI=1S/C19H24ClNO5/c20-14-6-7-17(26-11-15-5-2-8-25-15)16(10-14)21-18(22)12-3-1-4-13(9-12)19(23)24/h6-7,10,12-13,15H,1-5,8-9,11H2,(H,21,22)(H,23,24). The SMILES string of the molecule is O=C(O)C1CCCC(C(=O)Nc2cc(Cl)ccc2OCC2CCCO2)C1. The molecule has 3 atom stereocenters. The monoisotopic (exact) mass is 381 g/mol. The second-order valence-corrected chi connectivity index (χ2v) is 7.41. The van der Waals surface area contributed by atoms with Crippen molar-refractivity contribution in [2.75, 3.05) is 18.5 Å². The van der Waals surface area contributed by atoms with Crippen molar-refractivity contribution in [3.63, 3.8) is 0 Å². The summed E-state index contributed by atoms with van der Waals surface area (Å²) in [7, 11) is 0. The Morgan fingerprint density at radius 2 is 2.04 bits per heavy atom. The molecule has 1 aromatic carbocycles. The molecule has 2 N–H and O–H groups in total. The van der Waals surface area contributed by atoms with E-state index in [1.807, 2.05) is 0 Å². The maximum absolute atomic E-state index is 12.6. The first-order valence-corrected chi connectivity index (χ1v) is 9.48. The van der Waals surface area contributed by atoms with Gasteiger partial charge in [0.25, 0.3) is 0 Å². The van der Waals surface area contributed by atoms with E-state index < -0.39 is 11.9 Å². The van der Waals surface area contributed by atoms with Crippen LogP contribution in [0.15, 0.2) is 18.2 Å². The largest absolute Gasteiger partial charge is 0.489 e. The number of nitrogens with one attached hydrogen (secondary N) is 1. The molecule has 2 fully saturated rings. The van der Waals surface area contributed by atoms with E-state index in [-0.39, 0.29) is 17.9 Å². The van der Waals surface area contributed by atoms with Crippen molar-refractivity contribution in [2.45, 2.75) is 44.6 Å². The van der Waals surface area contributed by atoms with Gasteiger partial charge in [0.15, 0.2) is 0 Å². The zero-order valence-electron chi connectivity index (χ0n) is 14.6. The van der Waals surface area contributed by atoms with E-state index in [0.29, 0.717) is 42.3 Å². The predicted octanol–water partition coefficient (Wildman–Crippen LogP) is 3.73. The van der Waals surface area contributed by atoms with Crippen LogP contribution in [0.25, 0.3) is 0 Å². The molecule has 1 heterocycles. The van der Waals surface area contributed by atoms with E-state index in [1.165, 1.54) is 0 Å². The second kappa shape index (κ2) is 8.73. The van der Waals surface area contributed by atoms with Crippen LogP contribution in [0.2, 0.25) is 5.02 Å². The highest BCUT2D eigenvalue weighted by molar-refractivity contribution is 6.31. The zero-order valence-corrected chi connectivity index (χ0v) is 15.3. The van der Waals surface area contributed by atoms with E-state index in [1.54, 1.807) is 18.2 Å². The number of carbonyl (C=O) groups excluding carboxylic acids is 1. The average molecular weight is 382 g/mol. The molecule has 1 saturated heterocycles. The first kappa shape index (κ1) is 19.0. The summed E-state index contributed by atoms with van der Waals surface area (Å²) in [5.74, 6) is -1.22. The van der Waals surface area contributed by atoms with Crippen LogP contribution in [0.4, 0.5) is 5.69 Å². The topological polar surface area (TPSA) is 84.9 Å². The van der Waals surface area contributed by atoms with Crippen molar-refractivity contribution in [1.82, 2.24) is 0 Å². The van der Waals surface area contributed by atoms with Crippen LogP contribution in [-0.2, 0) is 14.3 Å². The minimum atomic E-state index is -0.828. The summed E-state index contributed by atoms with van der Waals surface area (Å²) < 4.78 is 11.4. The van der Waals surface area contributed by atoms with Gasteiger partial charge in [-0.2, -0.15) is 0 Å². The van der Waals surface area contributed by atoms with Crippen molar-refractivity contribution in [3.05, 3.63) is 23.2 Å². The fourth-order valence-corrected chi connectivity index (χ4v) is 3.74. The van der Waals surface area contributed by atoms with Crippen LogP contribution < -0.4 is 10.1 Å². The Balaban J connectivity index is 1.64. The number of hydrogen-bond acceptors (Lipinski definition) is 4. The molecule has 3 unspecified atom stereocenters. The Kier molecular flexibility index (Phi) is 6.38. The molecule has 0 bridgehead atoms. The minimum Gasteiger partial charge on any atom is -0.489 e. The molecule has 6 nitrogen and oxygen atoms in total. The molecule has 0 radical (unpaired) electrons. The van der Waals surface area contributed by atoms with Crippen LogP contribution in [0, 0.1) is 11.8 Å². The first-order valence-electron chi connectivity index (χ1n) is 9.10. The average Bonchev–Trinajstić information content (AvgIpc) is 3.14. The maximum atomic E-state index is 12.6. The molecular weight excluding hydrogens is 358 g/mol. The van der Waals surface area contributed by atoms with Gasteiger partial charge in [-0.1, -0.05) is 18.0 Å². The lowest BCUT2D eigenvalue weighted by Gasteiger charge is -2.26. The number of rotatable bonds is 6. The van der Waals surface area contributed by atoms with E-state index in [4.69, 9.17) is 21.1 Å². The molecule has 2 aliphatic rings. The van der Waals surface area contributed by atoms with Gasteiger partial charge in [-0.15, -0.1) is 0 Å². The highest BCUT2D eigenvalue weighted by Gasteiger charge is 2.31. The molecule has 7 heteroatoms. The van der Waals surface area contributed by atoms with E-state index >= 15 is 0 Å². The van der Waals surface area contributed by atoms with Gasteiger partial charge >= 0.3 is 5.97 Å². The van der Waals surface area contributed by atoms with Gasteiger partial charge in [0.1, 0.15) is 12.4 Å². The van der Waals surface area contributed by atoms with Crippen molar-refractivity contribution < 1.29 is 24.2 Å². The third kappa shape index (κ3) is 4.89. The fourth-order valence-electron chi connectivity index (χ4n) is 3.57. The quantitative estimate of drug-likeness (QED) is 0.784. The van der Waals surface area contributed by atoms with Crippen molar-refractivity contribution in [1.29, 1.82) is 0 Å². The summed E-state index contributed by atoms with van der Waals surface area (Å²) in [6, 6.07) is 5.10. The molecule has 1 aliphatic carbocycles. The Morgan fingerprint density at radius 1 is 1.23 bits per heavy atom. The van der Waals surface area contributed by atoms with Crippen molar-refractivity contribution in [2.24, 2.45) is 11.8 Å². The Morgan fingerprint density at radius 3 is 2.77 bits per heavy atom. The molecule has 1 aromatic rings. The van der Waals surface area contributed by atoms with Crippen LogP contribution in [0.1, 0.15) is 38.5 Å². The molecule has 0 aromatic heterocycles. The third-order valence-electron chi connectivity index (χ3n) is 5.04. The van der Waals surface area contributed by atoms with E-state index in [2.05, 4.69) is 5.32 Å². The fraction of sp³-hybridized carbons (Fsp3) is 0.579. The van der Waals surface area contributed by atoms with E-state index in [0.717, 1.165) is 25.9 Å². The number of halogens is 1. The van der Waals surface area contributed by atoms with Crippen molar-refractivity contribution >= 4 is 29.2 Å². The molecule has 1 saturated carbocycles. The minimum absolute atomic E-state index is 0.0731. The zero-order chi connectivity index (χ0) is 18.5. The molecule has 26 heavy (non-hydrogen) atoms. The Labute approximate surface area is 157 Å². The van der Waals surface area contributed by atoms with Crippen LogP contribution in [0.5, 0.6) is 5.75 Å². The molecular formula is C19H24ClNO5. The molecule has 0 spiro atoms. The van der Waals surface area contributed by atoms with Gasteiger partial charge in [-0.25, -0.2) is 0 Å². The van der Waals surface area contributed by atoms with Gasteiger partial charge in [0.05, 0.1) is 17.7 Å². The molecule has 1 amide bonds. The lowest BCUT2D eigenvalue weighted by molar-refractivity contribution is -0.143. The molecule has 3 rings (SSSR count). The number of carboxylic acid groups (broad SMARTS) is 1. The summed E-state index contributed by atoms with van der Waals surface area (Å²) >= 11 is 6.07. The summed E-state index contributed by atoms with van der Waals surface area (Å²) in [5, 5.41) is 12.6. The number of carbonyl (C=O) groups is 2. The summed E-state index contributed by atoms with van der Waals surface area (Å²) in [5.41, 5.74) is 0.512. The summed E-state index contributed by atoms with van der Waals surface area (Å²) in [6.45, 7) is 1.18. The van der Waals surface area contributed by atoms with Crippen LogP contribution in [0.3, 0.4) is 0 Å². The highest BCUT2D eigenvalue weighted by Crippen LogP contribution is 2.33. The Bertz CT molecular complexity index is 659. The highest BCUT2D eigenvalue weighted by atomic mass is 35.5. The number of benzene rings is 1. The number of anilines is 1. The second-order valence-electron chi connectivity index (χ2n) is 6.97. The van der Waals surface area contributed by atoms with Gasteiger partial charge in [-0.3, -0.25) is 9.59 Å². The lowest BCUT2D eigenvalue weighted by Crippen LogP contribution is -2.31. The normalized spacial score (nSPS) is 25.7. The van der Waals surface area contributed by atoms with Gasteiger partial charge in [0, 0.05) is 17.5 Å². The Hall–Kier alpha value is -1.79. The van der Waals surface area contributed by atoms with Gasteiger partial charge in [-0.05, 0) is 50.3 Å². The van der Waals surface area contributed by atoms with Crippen LogP contribution >= 0.6 is 11.6 Å². The number of amides is 1. The summed E-state index contributed by atoms with van der Waals surface area (Å²) in [6.07, 6.45) is 4.51. The lowest BCUT2D eigenvalue weighted by atomic mass is 9.81. The van der Waals surface area contributed by atoms with Crippen LogP contribution in [-0.4, -0.2) is 36.3 Å². The third-order valence-corrected chi connectivity index (χ3v) is 5.28. The van der Waals surface area contributed by atoms with Gasteiger partial charge < -0.3 is 19.9 Å². The van der Waals surface area contributed by atoms with Crippen molar-refractivity contribution in [3.8, 4) is 5.75 Å². The number of aliphatic carboxylic acids is 1. The molecule has 142 valence electrons. The number of ether oxygens (including phenoxy) is 2. The number of hydrogen-bond donors (Lipinski definition) is 2. The van der Waals surface area contributed by atoms with Gasteiger partial charge in [0.2, 0.25) is 5.91 Å². The first-order chi connectivity index (χ1) is 12.5. The molecule has 1 aliphatic heterocycles. The van der Waals surface area contributed by atoms with E-state index in [9.17, 15) is 14.7 Å². The maximum Gasteiger partial charge on any atom is 0.306 e. The summed E-state index contributed by atoms with van der Waals surface area (Å²) in [4.78, 5) is 23.8.